The quantitative estimate of drug-likeness (QED) is 0.585. The molecule has 3 amide bonds. The predicted octanol–water partition coefficient (Wildman–Crippen LogP) is 2.14. The lowest BCUT2D eigenvalue weighted by molar-refractivity contribution is -0.136. The molecule has 7 nitrogen and oxygen atoms in total. The van der Waals surface area contributed by atoms with Crippen molar-refractivity contribution in [1.29, 1.82) is 0 Å². The fourth-order valence-electron chi connectivity index (χ4n) is 4.71. The van der Waals surface area contributed by atoms with E-state index < -0.39 is 6.04 Å². The minimum Gasteiger partial charge on any atom is -0.489 e. The van der Waals surface area contributed by atoms with Crippen LogP contribution in [0.2, 0.25) is 0 Å². The Morgan fingerprint density at radius 2 is 1.97 bits per heavy atom. The molecule has 4 rings (SSSR count). The number of carbonyl (C=O) groups is 3. The molecule has 7 heteroatoms. The lowest BCUT2D eigenvalue weighted by Crippen LogP contribution is -2.52. The van der Waals surface area contributed by atoms with E-state index in [1.165, 1.54) is 19.3 Å². The van der Waals surface area contributed by atoms with Crippen molar-refractivity contribution in [3.05, 3.63) is 29.3 Å². The molecular formula is C22H29N3O4. The normalized spacial score (nSPS) is 27.4. The van der Waals surface area contributed by atoms with E-state index in [1.54, 1.807) is 11.0 Å². The zero-order chi connectivity index (χ0) is 20.4. The topological polar surface area (TPSA) is 87.7 Å². The molecule has 29 heavy (non-hydrogen) atoms. The van der Waals surface area contributed by atoms with Crippen molar-refractivity contribution in [3.63, 3.8) is 0 Å². The van der Waals surface area contributed by atoms with E-state index >= 15 is 0 Å². The Bertz CT molecular complexity index is 809. The molecule has 3 aliphatic rings. The average molecular weight is 399 g/mol. The molecule has 1 aromatic rings. The Hall–Kier alpha value is -2.41. The van der Waals surface area contributed by atoms with Crippen molar-refractivity contribution >= 4 is 17.7 Å². The van der Waals surface area contributed by atoms with E-state index in [0.717, 1.165) is 30.7 Å². The Kier molecular flexibility index (Phi) is 5.85. The summed E-state index contributed by atoms with van der Waals surface area (Å²) in [6.45, 7) is 3.41. The van der Waals surface area contributed by atoms with Gasteiger partial charge in [-0.2, -0.15) is 0 Å². The van der Waals surface area contributed by atoms with Gasteiger partial charge in [0, 0.05) is 24.6 Å². The predicted molar refractivity (Wildman–Crippen MR) is 107 cm³/mol. The van der Waals surface area contributed by atoms with Gasteiger partial charge < -0.3 is 15.0 Å². The fraction of sp³-hybridized carbons (Fsp3) is 0.591. The summed E-state index contributed by atoms with van der Waals surface area (Å²) in [6, 6.07) is 5.36. The van der Waals surface area contributed by atoms with Gasteiger partial charge in [-0.1, -0.05) is 19.8 Å². The molecule has 0 radical (unpaired) electrons. The van der Waals surface area contributed by atoms with Gasteiger partial charge in [-0.25, -0.2) is 0 Å². The number of rotatable bonds is 5. The van der Waals surface area contributed by atoms with Gasteiger partial charge in [-0.05, 0) is 56.0 Å². The molecule has 2 N–H and O–H groups in total. The number of amides is 3. The molecule has 2 aliphatic heterocycles. The van der Waals surface area contributed by atoms with Crippen LogP contribution in [0.5, 0.6) is 5.75 Å². The van der Waals surface area contributed by atoms with Gasteiger partial charge in [0.25, 0.3) is 5.91 Å². The maximum Gasteiger partial charge on any atom is 0.255 e. The van der Waals surface area contributed by atoms with E-state index in [9.17, 15) is 14.4 Å². The van der Waals surface area contributed by atoms with Gasteiger partial charge in [0.05, 0.1) is 0 Å². The van der Waals surface area contributed by atoms with Gasteiger partial charge in [0.15, 0.2) is 0 Å². The molecule has 1 aliphatic carbocycles. The molecule has 1 aromatic carbocycles. The van der Waals surface area contributed by atoms with E-state index in [1.807, 2.05) is 12.1 Å². The molecule has 1 unspecified atom stereocenters. The monoisotopic (exact) mass is 399 g/mol. The molecule has 2 heterocycles. The second kappa shape index (κ2) is 8.53. The summed E-state index contributed by atoms with van der Waals surface area (Å²) >= 11 is 0. The molecule has 0 bridgehead atoms. The van der Waals surface area contributed by atoms with E-state index in [0.29, 0.717) is 24.6 Å². The third-order valence-corrected chi connectivity index (χ3v) is 6.20. The van der Waals surface area contributed by atoms with Crippen LogP contribution in [0.1, 0.15) is 67.8 Å². The van der Waals surface area contributed by atoms with Crippen LogP contribution in [0.4, 0.5) is 0 Å². The molecule has 0 spiro atoms. The molecule has 0 aromatic heterocycles. The summed E-state index contributed by atoms with van der Waals surface area (Å²) in [5, 5.41) is 5.89. The summed E-state index contributed by atoms with van der Waals surface area (Å²) in [7, 11) is 0. The smallest absolute Gasteiger partial charge is 0.255 e. The van der Waals surface area contributed by atoms with Crippen molar-refractivity contribution in [3.8, 4) is 5.75 Å². The summed E-state index contributed by atoms with van der Waals surface area (Å²) in [4.78, 5) is 38.0. The first kappa shape index (κ1) is 19.9. The SMILES string of the molecule is CCN[C@H]1CCCCC[C@H]1Oc1ccc2c(c1)CN(C1CCC(=O)NC1=O)C2=O. The van der Waals surface area contributed by atoms with Crippen LogP contribution in [-0.4, -0.2) is 47.4 Å². The Labute approximate surface area is 171 Å². The second-order valence-corrected chi connectivity index (χ2v) is 8.18. The van der Waals surface area contributed by atoms with Gasteiger partial charge in [0.2, 0.25) is 11.8 Å². The Balaban J connectivity index is 1.48. The number of piperidine rings is 1. The number of nitrogens with zero attached hydrogens (tertiary/aromatic N) is 1. The molecule has 2 fully saturated rings. The van der Waals surface area contributed by atoms with Crippen LogP contribution >= 0.6 is 0 Å². The summed E-state index contributed by atoms with van der Waals surface area (Å²) < 4.78 is 6.36. The highest BCUT2D eigenvalue weighted by atomic mass is 16.5. The molecule has 3 atom stereocenters. The lowest BCUT2D eigenvalue weighted by Gasteiger charge is -2.29. The number of benzene rings is 1. The van der Waals surface area contributed by atoms with Crippen LogP contribution in [0.3, 0.4) is 0 Å². The Morgan fingerprint density at radius 1 is 1.14 bits per heavy atom. The highest BCUT2D eigenvalue weighted by Gasteiger charge is 2.39. The first-order valence-corrected chi connectivity index (χ1v) is 10.7. The number of fused-ring (bicyclic) bond motifs is 1. The molecular weight excluding hydrogens is 370 g/mol. The molecule has 1 saturated heterocycles. The van der Waals surface area contributed by atoms with Crippen molar-refractivity contribution in [2.45, 2.75) is 76.6 Å². The first-order chi connectivity index (χ1) is 14.1. The third-order valence-electron chi connectivity index (χ3n) is 6.20. The van der Waals surface area contributed by atoms with Crippen molar-refractivity contribution in [2.24, 2.45) is 0 Å². The van der Waals surface area contributed by atoms with E-state index in [-0.39, 0.29) is 30.2 Å². The maximum absolute atomic E-state index is 12.8. The number of imide groups is 1. The van der Waals surface area contributed by atoms with E-state index in [2.05, 4.69) is 17.6 Å². The van der Waals surface area contributed by atoms with E-state index in [4.69, 9.17) is 4.74 Å². The largest absolute Gasteiger partial charge is 0.489 e. The maximum atomic E-state index is 12.8. The van der Waals surface area contributed by atoms with Crippen LogP contribution in [0.25, 0.3) is 0 Å². The standard InChI is InChI=1S/C22H29N3O4/c1-2-23-17-6-4-3-5-7-19(17)29-15-8-9-16-14(12-15)13-25(22(16)28)18-10-11-20(26)24-21(18)27/h8-9,12,17-19,23H,2-7,10-11,13H2,1H3,(H,24,26,27)/t17-,18?,19+/m0/s1. The van der Waals surface area contributed by atoms with Gasteiger partial charge in [-0.3, -0.25) is 19.7 Å². The highest BCUT2D eigenvalue weighted by Crippen LogP contribution is 2.31. The zero-order valence-electron chi connectivity index (χ0n) is 16.9. The van der Waals surface area contributed by atoms with Crippen molar-refractivity contribution in [1.82, 2.24) is 15.5 Å². The number of hydrogen-bond acceptors (Lipinski definition) is 5. The number of hydrogen-bond donors (Lipinski definition) is 2. The van der Waals surface area contributed by atoms with Gasteiger partial charge >= 0.3 is 0 Å². The minimum absolute atomic E-state index is 0.124. The van der Waals surface area contributed by atoms with Crippen LogP contribution in [-0.2, 0) is 16.1 Å². The fourth-order valence-corrected chi connectivity index (χ4v) is 4.71. The Morgan fingerprint density at radius 3 is 2.76 bits per heavy atom. The van der Waals surface area contributed by atoms with Gasteiger partial charge in [0.1, 0.15) is 17.9 Å². The lowest BCUT2D eigenvalue weighted by atomic mass is 10.0. The minimum atomic E-state index is -0.586. The summed E-state index contributed by atoms with van der Waals surface area (Å²) in [6.07, 6.45) is 6.52. The van der Waals surface area contributed by atoms with Crippen LogP contribution in [0.15, 0.2) is 18.2 Å². The third kappa shape index (κ3) is 4.15. The van der Waals surface area contributed by atoms with Crippen LogP contribution in [0, 0.1) is 0 Å². The second-order valence-electron chi connectivity index (χ2n) is 8.18. The molecule has 156 valence electrons. The van der Waals surface area contributed by atoms with Crippen LogP contribution < -0.4 is 15.4 Å². The average Bonchev–Trinajstić information content (AvgIpc) is 2.86. The first-order valence-electron chi connectivity index (χ1n) is 10.7. The summed E-state index contributed by atoms with van der Waals surface area (Å²) in [5.74, 6) is -0.0342. The number of carbonyl (C=O) groups excluding carboxylic acids is 3. The van der Waals surface area contributed by atoms with Crippen molar-refractivity contribution in [2.75, 3.05) is 6.54 Å². The van der Waals surface area contributed by atoms with Crippen molar-refractivity contribution < 1.29 is 19.1 Å². The van der Waals surface area contributed by atoms with Gasteiger partial charge in [-0.15, -0.1) is 0 Å². The summed E-state index contributed by atoms with van der Waals surface area (Å²) in [5.41, 5.74) is 1.50. The zero-order valence-corrected chi connectivity index (χ0v) is 16.9. The number of nitrogens with one attached hydrogen (secondary N) is 2. The number of ether oxygens (including phenoxy) is 1. The highest BCUT2D eigenvalue weighted by molar-refractivity contribution is 6.05. The molecule has 1 saturated carbocycles. The number of likely N-dealkylation sites (N-methyl/N-ethyl adjacent to an activating group) is 1.